The van der Waals surface area contributed by atoms with E-state index in [-0.39, 0.29) is 16.8 Å². The van der Waals surface area contributed by atoms with E-state index in [1.807, 2.05) is 6.07 Å². The lowest BCUT2D eigenvalue weighted by molar-refractivity contribution is -0.00177. The van der Waals surface area contributed by atoms with Crippen LogP contribution >= 0.6 is 0 Å². The molecule has 1 atom stereocenters. The van der Waals surface area contributed by atoms with Gasteiger partial charge in [0.05, 0.1) is 63.3 Å². The fraction of sp³-hybridized carbons (Fsp3) is 0.192. The Bertz CT molecular complexity index is 1540. The van der Waals surface area contributed by atoms with Crippen molar-refractivity contribution >= 4 is 28.7 Å². The molecule has 11 heteroatoms. The van der Waals surface area contributed by atoms with Gasteiger partial charge in [0.25, 0.3) is 11.8 Å². The van der Waals surface area contributed by atoms with E-state index in [1.165, 1.54) is 26.2 Å². The van der Waals surface area contributed by atoms with Crippen molar-refractivity contribution in [1.29, 1.82) is 5.26 Å². The number of benzene rings is 1. The first-order valence-corrected chi connectivity index (χ1v) is 11.3. The monoisotopic (exact) mass is 501 g/mol. The number of amides is 2. The van der Waals surface area contributed by atoms with E-state index in [0.717, 1.165) is 0 Å². The second-order valence-electron chi connectivity index (χ2n) is 8.89. The molecule has 0 fully saturated rings. The highest BCUT2D eigenvalue weighted by Crippen LogP contribution is 2.29. The summed E-state index contributed by atoms with van der Waals surface area (Å²) < 4.78 is 15.8. The Morgan fingerprint density at radius 2 is 1.92 bits per heavy atom. The van der Waals surface area contributed by atoms with Crippen molar-refractivity contribution in [2.45, 2.75) is 25.6 Å². The fourth-order valence-corrected chi connectivity index (χ4v) is 3.61. The van der Waals surface area contributed by atoms with Crippen LogP contribution in [0.3, 0.4) is 0 Å². The van der Waals surface area contributed by atoms with Gasteiger partial charge in [-0.2, -0.15) is 10.4 Å². The average molecular weight is 502 g/mol. The Morgan fingerprint density at radius 3 is 2.62 bits per heavy atom. The summed E-state index contributed by atoms with van der Waals surface area (Å²) in [4.78, 5) is 29.4. The number of rotatable bonds is 8. The normalized spacial score (nSPS) is 12.1. The number of nitrogens with one attached hydrogen (secondary N) is 2. The molecule has 5 N–H and O–H groups in total. The Labute approximate surface area is 211 Å². The van der Waals surface area contributed by atoms with Crippen molar-refractivity contribution in [2.24, 2.45) is 5.73 Å². The molecule has 0 unspecified atom stereocenters. The number of nitriles is 1. The number of aliphatic hydroxyl groups is 1. The predicted octanol–water partition coefficient (Wildman–Crippen LogP) is 2.95. The van der Waals surface area contributed by atoms with Crippen LogP contribution in [-0.4, -0.2) is 49.8 Å². The van der Waals surface area contributed by atoms with E-state index in [1.54, 1.807) is 53.0 Å². The number of carbonyl (C=O) groups is 2. The summed E-state index contributed by atoms with van der Waals surface area (Å²) in [5.41, 5.74) is 6.89. The third-order valence-electron chi connectivity index (χ3n) is 5.71. The molecule has 0 bridgehead atoms. The average Bonchev–Trinajstić information content (AvgIpc) is 3.29. The molecule has 0 spiro atoms. The Hall–Kier alpha value is -4.82. The second-order valence-corrected chi connectivity index (χ2v) is 8.89. The molecule has 0 saturated heterocycles. The van der Waals surface area contributed by atoms with Gasteiger partial charge in [-0.3, -0.25) is 14.6 Å². The van der Waals surface area contributed by atoms with Crippen LogP contribution in [0.15, 0.2) is 60.9 Å². The number of aromatic nitrogens is 3. The van der Waals surface area contributed by atoms with Gasteiger partial charge in [-0.25, -0.2) is 8.91 Å². The summed E-state index contributed by atoms with van der Waals surface area (Å²) in [6.45, 7) is 2.20. The molecule has 1 aromatic carbocycles. The third-order valence-corrected chi connectivity index (χ3v) is 5.71. The highest BCUT2D eigenvalue weighted by Gasteiger charge is 2.27. The minimum Gasteiger partial charge on any atom is -0.387 e. The molecule has 10 nitrogen and oxygen atoms in total. The number of para-hydroxylation sites is 1. The Morgan fingerprint density at radius 1 is 1.16 bits per heavy atom. The van der Waals surface area contributed by atoms with Crippen molar-refractivity contribution in [2.75, 3.05) is 11.9 Å². The zero-order valence-corrected chi connectivity index (χ0v) is 20.1. The number of nitrogens with two attached hydrogens (primary N) is 1. The molecule has 0 radical (unpaired) electrons. The van der Waals surface area contributed by atoms with E-state index in [9.17, 15) is 19.1 Å². The minimum absolute atomic E-state index is 0.0755. The topological polar surface area (TPSA) is 158 Å². The standard InChI is InChI=1S/C26H24FN7O3/c1-26(2,37)23(27)14-31-25(36)18-13-30-21(22-8-7-16-9-15(11-28)12-32-34(16)22)10-20(18)33-19-6-4-3-5-17(19)24(29)35/h3-10,12-13,23,37H,14H2,1-2H3,(H2,29,35)(H,30,33)(H,31,36)/t23-/m1/s1. The van der Waals surface area contributed by atoms with Gasteiger partial charge in [-0.05, 0) is 50.2 Å². The van der Waals surface area contributed by atoms with Crippen LogP contribution in [0.5, 0.6) is 0 Å². The molecule has 0 aliphatic heterocycles. The van der Waals surface area contributed by atoms with Crippen LogP contribution in [0, 0.1) is 11.3 Å². The number of anilines is 2. The molecule has 4 aromatic rings. The number of nitrogens with zero attached hydrogens (tertiary/aromatic N) is 4. The summed E-state index contributed by atoms with van der Waals surface area (Å²) in [5.74, 6) is -1.30. The zero-order chi connectivity index (χ0) is 26.7. The number of pyridine rings is 1. The van der Waals surface area contributed by atoms with E-state index in [4.69, 9.17) is 11.0 Å². The highest BCUT2D eigenvalue weighted by molar-refractivity contribution is 6.03. The molecule has 188 valence electrons. The number of primary amides is 1. The lowest BCUT2D eigenvalue weighted by Gasteiger charge is -2.22. The minimum atomic E-state index is -1.70. The Kier molecular flexibility index (Phi) is 6.86. The first-order chi connectivity index (χ1) is 17.6. The molecule has 3 heterocycles. The molecular formula is C26H24FN7O3. The van der Waals surface area contributed by atoms with Crippen molar-refractivity contribution in [3.8, 4) is 17.5 Å². The fourth-order valence-electron chi connectivity index (χ4n) is 3.61. The molecule has 0 saturated carbocycles. The van der Waals surface area contributed by atoms with Gasteiger partial charge >= 0.3 is 0 Å². The van der Waals surface area contributed by atoms with Crippen molar-refractivity contribution < 1.29 is 19.1 Å². The maximum atomic E-state index is 14.3. The van der Waals surface area contributed by atoms with E-state index >= 15 is 0 Å². The summed E-state index contributed by atoms with van der Waals surface area (Å²) >= 11 is 0. The third kappa shape index (κ3) is 5.39. The number of hydrogen-bond donors (Lipinski definition) is 4. The largest absolute Gasteiger partial charge is 0.387 e. The summed E-state index contributed by atoms with van der Waals surface area (Å²) in [6.07, 6.45) is 1.05. The van der Waals surface area contributed by atoms with Gasteiger partial charge in [0.2, 0.25) is 0 Å². The first-order valence-electron chi connectivity index (χ1n) is 11.3. The lowest BCUT2D eigenvalue weighted by Crippen LogP contribution is -2.42. The van der Waals surface area contributed by atoms with Crippen molar-refractivity contribution in [3.05, 3.63) is 77.6 Å². The SMILES string of the molecule is CC(C)(O)[C@H](F)CNC(=O)c1cnc(-c2ccc3cc(C#N)cnn23)cc1Nc1ccccc1C(N)=O. The van der Waals surface area contributed by atoms with Crippen molar-refractivity contribution in [1.82, 2.24) is 19.9 Å². The van der Waals surface area contributed by atoms with Gasteiger partial charge in [-0.1, -0.05) is 12.1 Å². The number of halogens is 1. The molecular weight excluding hydrogens is 477 g/mol. The number of alkyl halides is 1. The molecule has 37 heavy (non-hydrogen) atoms. The molecule has 0 aliphatic carbocycles. The van der Waals surface area contributed by atoms with Gasteiger partial charge in [0.1, 0.15) is 12.2 Å². The van der Waals surface area contributed by atoms with Gasteiger partial charge in [0, 0.05) is 6.20 Å². The quantitative estimate of drug-likeness (QED) is 0.289. The first kappa shape index (κ1) is 25.3. The van der Waals surface area contributed by atoms with Gasteiger partial charge in [0.15, 0.2) is 0 Å². The highest BCUT2D eigenvalue weighted by atomic mass is 19.1. The van der Waals surface area contributed by atoms with Crippen LogP contribution in [0.4, 0.5) is 15.8 Å². The van der Waals surface area contributed by atoms with E-state index in [2.05, 4.69) is 20.7 Å². The van der Waals surface area contributed by atoms with E-state index in [0.29, 0.717) is 28.2 Å². The lowest BCUT2D eigenvalue weighted by atomic mass is 10.0. The maximum absolute atomic E-state index is 14.3. The zero-order valence-electron chi connectivity index (χ0n) is 20.1. The van der Waals surface area contributed by atoms with Crippen LogP contribution in [0.2, 0.25) is 0 Å². The summed E-state index contributed by atoms with van der Waals surface area (Å²) in [6, 6.07) is 15.4. The summed E-state index contributed by atoms with van der Waals surface area (Å²) in [5, 5.41) is 28.8. The number of hydrogen-bond acceptors (Lipinski definition) is 7. The van der Waals surface area contributed by atoms with E-state index < -0.39 is 30.1 Å². The van der Waals surface area contributed by atoms with Crippen LogP contribution in [-0.2, 0) is 0 Å². The number of carbonyl (C=O) groups excluding carboxylic acids is 2. The van der Waals surface area contributed by atoms with Crippen LogP contribution in [0.1, 0.15) is 40.1 Å². The van der Waals surface area contributed by atoms with Crippen molar-refractivity contribution in [3.63, 3.8) is 0 Å². The van der Waals surface area contributed by atoms with Gasteiger partial charge in [-0.15, -0.1) is 0 Å². The predicted molar refractivity (Wildman–Crippen MR) is 135 cm³/mol. The molecule has 2 amide bonds. The molecule has 4 rings (SSSR count). The van der Waals surface area contributed by atoms with Crippen LogP contribution in [0.25, 0.3) is 16.9 Å². The van der Waals surface area contributed by atoms with Crippen LogP contribution < -0.4 is 16.4 Å². The smallest absolute Gasteiger partial charge is 0.255 e. The molecule has 3 aromatic heterocycles. The maximum Gasteiger partial charge on any atom is 0.255 e. The number of fused-ring (bicyclic) bond motifs is 1. The Balaban J connectivity index is 1.76. The van der Waals surface area contributed by atoms with Gasteiger partial charge < -0.3 is 21.5 Å². The molecule has 0 aliphatic rings. The summed E-state index contributed by atoms with van der Waals surface area (Å²) in [7, 11) is 0. The second kappa shape index (κ2) is 10.0.